The van der Waals surface area contributed by atoms with E-state index in [2.05, 4.69) is 12.2 Å². The van der Waals surface area contributed by atoms with E-state index in [0.717, 1.165) is 12.0 Å². The molecule has 172 valence electrons. The van der Waals surface area contributed by atoms with Gasteiger partial charge < -0.3 is 5.32 Å². The van der Waals surface area contributed by atoms with Crippen molar-refractivity contribution in [3.8, 4) is 0 Å². The van der Waals surface area contributed by atoms with Crippen molar-refractivity contribution in [2.24, 2.45) is 0 Å². The van der Waals surface area contributed by atoms with E-state index < -0.39 is 16.6 Å². The van der Waals surface area contributed by atoms with Crippen LogP contribution in [0.25, 0.3) is 0 Å². The first-order chi connectivity index (χ1) is 16.4. The molecule has 2 aliphatic heterocycles. The highest BCUT2D eigenvalue weighted by atomic mass is 32.2. The number of halogens is 1. The molecule has 0 saturated carbocycles. The first kappa shape index (κ1) is 22.2. The van der Waals surface area contributed by atoms with Crippen LogP contribution in [0, 0.1) is 5.82 Å². The molecule has 3 amide bonds. The maximum Gasteiger partial charge on any atom is 0.269 e. The summed E-state index contributed by atoms with van der Waals surface area (Å²) in [6, 6.07) is 20.3. The Hall–Kier alpha value is -3.65. The van der Waals surface area contributed by atoms with Gasteiger partial charge in [-0.3, -0.25) is 24.2 Å². The van der Waals surface area contributed by atoms with Crippen molar-refractivity contribution < 1.29 is 18.8 Å². The minimum Gasteiger partial charge on any atom is -0.325 e. The lowest BCUT2D eigenvalue weighted by Crippen LogP contribution is -2.50. The molecule has 1 spiro atoms. The molecule has 1 atom stereocenters. The maximum absolute atomic E-state index is 14.0. The van der Waals surface area contributed by atoms with E-state index in [1.54, 1.807) is 30.3 Å². The zero-order valence-corrected chi connectivity index (χ0v) is 19.3. The maximum atomic E-state index is 14.0. The summed E-state index contributed by atoms with van der Waals surface area (Å²) >= 11 is 1.19. The molecule has 3 aromatic carbocycles. The third kappa shape index (κ3) is 3.54. The fraction of sp³-hybridized carbons (Fsp3) is 0.192. The Morgan fingerprint density at radius 3 is 2.56 bits per heavy atom. The number of nitrogens with one attached hydrogen (secondary N) is 1. The molecule has 0 unspecified atom stereocenters. The second kappa shape index (κ2) is 8.61. The van der Waals surface area contributed by atoms with Gasteiger partial charge in [0.2, 0.25) is 16.7 Å². The Bertz CT molecular complexity index is 1300. The summed E-state index contributed by atoms with van der Waals surface area (Å²) in [5.74, 6) is -1.47. The zero-order chi connectivity index (χ0) is 23.9. The second-order valence-electron chi connectivity index (χ2n) is 8.15. The first-order valence-electron chi connectivity index (χ1n) is 11.0. The number of fused-ring (bicyclic) bond motifs is 2. The third-order valence-electron chi connectivity index (χ3n) is 6.08. The summed E-state index contributed by atoms with van der Waals surface area (Å²) in [6.45, 7) is 1.84. The van der Waals surface area contributed by atoms with Crippen LogP contribution in [0.1, 0.15) is 18.1 Å². The zero-order valence-electron chi connectivity index (χ0n) is 18.5. The monoisotopic (exact) mass is 475 g/mol. The van der Waals surface area contributed by atoms with Gasteiger partial charge in [-0.2, -0.15) is 0 Å². The van der Waals surface area contributed by atoms with E-state index in [0.29, 0.717) is 22.6 Å². The van der Waals surface area contributed by atoms with Gasteiger partial charge in [0.15, 0.2) is 0 Å². The van der Waals surface area contributed by atoms with Crippen molar-refractivity contribution in [1.29, 1.82) is 0 Å². The number of carbonyl (C=O) groups excluding carboxylic acids is 3. The average molecular weight is 476 g/mol. The number of benzene rings is 3. The normalized spacial score (nSPS) is 19.1. The highest BCUT2D eigenvalue weighted by molar-refractivity contribution is 8.02. The number of hydrogen-bond acceptors (Lipinski definition) is 4. The molecular formula is C26H22FN3O3S. The lowest BCUT2D eigenvalue weighted by Gasteiger charge is -2.33. The fourth-order valence-corrected chi connectivity index (χ4v) is 5.86. The number of carbonyl (C=O) groups is 3. The van der Waals surface area contributed by atoms with Gasteiger partial charge >= 0.3 is 0 Å². The minimum atomic E-state index is -1.38. The minimum absolute atomic E-state index is 0.0698. The van der Waals surface area contributed by atoms with Crippen LogP contribution in [0.4, 0.5) is 21.5 Å². The predicted octanol–water partition coefficient (Wildman–Crippen LogP) is 4.31. The van der Waals surface area contributed by atoms with Crippen LogP contribution in [0.15, 0.2) is 72.8 Å². The van der Waals surface area contributed by atoms with Gasteiger partial charge in [0.1, 0.15) is 12.4 Å². The fourth-order valence-electron chi connectivity index (χ4n) is 4.50. The molecule has 1 saturated heterocycles. The number of aryl methyl sites for hydroxylation is 1. The molecule has 34 heavy (non-hydrogen) atoms. The van der Waals surface area contributed by atoms with Crippen molar-refractivity contribution >= 4 is 46.5 Å². The molecule has 2 aliphatic rings. The van der Waals surface area contributed by atoms with Crippen LogP contribution in [-0.2, 0) is 25.7 Å². The van der Waals surface area contributed by atoms with Crippen molar-refractivity contribution in [3.63, 3.8) is 0 Å². The third-order valence-corrected chi connectivity index (χ3v) is 7.46. The number of rotatable bonds is 5. The van der Waals surface area contributed by atoms with Crippen LogP contribution in [0.5, 0.6) is 0 Å². The number of nitrogens with zero attached hydrogens (tertiary/aromatic N) is 2. The predicted molar refractivity (Wildman–Crippen MR) is 131 cm³/mol. The van der Waals surface area contributed by atoms with Crippen molar-refractivity contribution in [2.75, 3.05) is 27.4 Å². The summed E-state index contributed by atoms with van der Waals surface area (Å²) in [7, 11) is 0. The van der Waals surface area contributed by atoms with Crippen molar-refractivity contribution in [2.45, 2.75) is 18.2 Å². The Kier molecular flexibility index (Phi) is 5.61. The highest BCUT2D eigenvalue weighted by Crippen LogP contribution is 2.55. The average Bonchev–Trinajstić information content (AvgIpc) is 3.30. The van der Waals surface area contributed by atoms with Crippen molar-refractivity contribution in [1.82, 2.24) is 0 Å². The SMILES string of the molecule is CCc1ccc(NC(=O)CN2C(=O)[C@]3(SCC(=O)N3c3cccc(F)c3)c3ccccc32)cc1. The molecule has 1 fully saturated rings. The van der Waals surface area contributed by atoms with Gasteiger partial charge in [-0.15, -0.1) is 11.8 Å². The molecule has 8 heteroatoms. The number of para-hydroxylation sites is 1. The largest absolute Gasteiger partial charge is 0.325 e. The lowest BCUT2D eigenvalue weighted by molar-refractivity contribution is -0.124. The van der Waals surface area contributed by atoms with E-state index in [9.17, 15) is 18.8 Å². The van der Waals surface area contributed by atoms with E-state index in [-0.39, 0.29) is 24.1 Å². The molecule has 3 aromatic rings. The lowest BCUT2D eigenvalue weighted by atomic mass is 10.0. The summed E-state index contributed by atoms with van der Waals surface area (Å²) in [4.78, 5) is 41.2. The van der Waals surface area contributed by atoms with Crippen LogP contribution < -0.4 is 15.1 Å². The number of thioether (sulfide) groups is 1. The van der Waals surface area contributed by atoms with Crippen LogP contribution >= 0.6 is 11.8 Å². The molecule has 0 bridgehead atoms. The molecule has 2 heterocycles. The van der Waals surface area contributed by atoms with Crippen molar-refractivity contribution in [3.05, 3.63) is 89.7 Å². The first-order valence-corrected chi connectivity index (χ1v) is 12.0. The Morgan fingerprint density at radius 2 is 1.82 bits per heavy atom. The van der Waals surface area contributed by atoms with Crippen LogP contribution in [0.3, 0.4) is 0 Å². The molecular weight excluding hydrogens is 453 g/mol. The summed E-state index contributed by atoms with van der Waals surface area (Å²) in [5, 5.41) is 2.84. The Labute approximate surface area is 200 Å². The highest BCUT2D eigenvalue weighted by Gasteiger charge is 2.61. The van der Waals surface area contributed by atoms with E-state index in [1.165, 1.54) is 39.8 Å². The quantitative estimate of drug-likeness (QED) is 0.597. The topological polar surface area (TPSA) is 69.7 Å². The van der Waals surface area contributed by atoms with Gasteiger partial charge in [-0.1, -0.05) is 43.3 Å². The number of amides is 3. The van der Waals surface area contributed by atoms with Crippen LogP contribution in [0.2, 0.25) is 0 Å². The second-order valence-corrected chi connectivity index (χ2v) is 9.32. The molecule has 5 rings (SSSR count). The van der Waals surface area contributed by atoms with Gasteiger partial charge in [0, 0.05) is 16.9 Å². The molecule has 1 N–H and O–H groups in total. The standard InChI is InChI=1S/C26H22FN3O3S/c1-2-17-10-12-19(13-11-17)28-23(31)15-29-22-9-4-3-8-21(22)26(25(29)33)30(24(32)16-34-26)20-7-5-6-18(27)14-20/h3-14H,2,15-16H2,1H3,(H,28,31)/t26-/m1/s1. The van der Waals surface area contributed by atoms with Crippen LogP contribution in [-0.4, -0.2) is 30.0 Å². The van der Waals surface area contributed by atoms with Gasteiger partial charge in [-0.25, -0.2) is 4.39 Å². The summed E-state index contributed by atoms with van der Waals surface area (Å²) in [6.07, 6.45) is 0.896. The van der Waals surface area contributed by atoms with E-state index >= 15 is 0 Å². The summed E-state index contributed by atoms with van der Waals surface area (Å²) < 4.78 is 14.0. The number of anilines is 3. The van der Waals surface area contributed by atoms with E-state index in [1.807, 2.05) is 24.3 Å². The smallest absolute Gasteiger partial charge is 0.269 e. The molecule has 0 aliphatic carbocycles. The molecule has 6 nitrogen and oxygen atoms in total. The molecule has 0 aromatic heterocycles. The molecule has 0 radical (unpaired) electrons. The van der Waals surface area contributed by atoms with Gasteiger partial charge in [0.05, 0.1) is 11.4 Å². The van der Waals surface area contributed by atoms with Gasteiger partial charge in [0.25, 0.3) is 5.91 Å². The van der Waals surface area contributed by atoms with E-state index in [4.69, 9.17) is 0 Å². The van der Waals surface area contributed by atoms with Gasteiger partial charge in [-0.05, 0) is 48.4 Å². The Balaban J connectivity index is 1.48. The number of hydrogen-bond donors (Lipinski definition) is 1. The Morgan fingerprint density at radius 1 is 1.06 bits per heavy atom. The summed E-state index contributed by atoms with van der Waals surface area (Å²) in [5.41, 5.74) is 3.28.